The molecule has 1 atom stereocenters. The Kier molecular flexibility index (Phi) is 6.51. The van der Waals surface area contributed by atoms with E-state index in [9.17, 15) is 0 Å². The number of piperazine rings is 1. The molecule has 0 amide bonds. The molecule has 5 heteroatoms. The van der Waals surface area contributed by atoms with Crippen molar-refractivity contribution in [2.45, 2.75) is 22.3 Å². The van der Waals surface area contributed by atoms with Crippen molar-refractivity contribution in [2.24, 2.45) is 0 Å². The van der Waals surface area contributed by atoms with Crippen LogP contribution in [-0.4, -0.2) is 49.1 Å². The second-order valence-electron chi connectivity index (χ2n) is 8.15. The first kappa shape index (κ1) is 20.9. The molecule has 2 aliphatic heterocycles. The van der Waals surface area contributed by atoms with E-state index in [2.05, 4.69) is 46.2 Å². The quantitative estimate of drug-likeness (QED) is 0.489. The number of ether oxygens (including phenoxy) is 1. The third kappa shape index (κ3) is 4.93. The summed E-state index contributed by atoms with van der Waals surface area (Å²) in [6.45, 7) is 6.01. The van der Waals surface area contributed by atoms with Gasteiger partial charge in [0.15, 0.2) is 0 Å². The van der Waals surface area contributed by atoms with Crippen molar-refractivity contribution < 1.29 is 4.74 Å². The van der Waals surface area contributed by atoms with Crippen molar-refractivity contribution in [1.82, 2.24) is 9.80 Å². The third-order valence-corrected chi connectivity index (χ3v) is 7.65. The van der Waals surface area contributed by atoms with Crippen LogP contribution in [0.25, 0.3) is 0 Å². The van der Waals surface area contributed by atoms with E-state index in [1.54, 1.807) is 0 Å². The molecule has 0 saturated carbocycles. The zero-order valence-corrected chi connectivity index (χ0v) is 19.1. The summed E-state index contributed by atoms with van der Waals surface area (Å²) >= 11 is 8.22. The Morgan fingerprint density at radius 1 is 0.871 bits per heavy atom. The number of nitrogens with zero attached hydrogens (tertiary/aromatic N) is 2. The van der Waals surface area contributed by atoms with Crippen molar-refractivity contribution >= 4 is 23.4 Å². The highest BCUT2D eigenvalue weighted by Crippen LogP contribution is 2.43. The number of halogens is 1. The first-order valence-electron chi connectivity index (χ1n) is 11.0. The van der Waals surface area contributed by atoms with Crippen LogP contribution in [0.2, 0.25) is 5.02 Å². The lowest BCUT2D eigenvalue weighted by Gasteiger charge is -2.39. The number of benzene rings is 3. The van der Waals surface area contributed by atoms with Crippen LogP contribution in [0, 0.1) is 0 Å². The molecule has 2 heterocycles. The van der Waals surface area contributed by atoms with Gasteiger partial charge in [-0.2, -0.15) is 0 Å². The summed E-state index contributed by atoms with van der Waals surface area (Å²) in [6, 6.07) is 25.7. The lowest BCUT2D eigenvalue weighted by molar-refractivity contribution is 0.0850. The van der Waals surface area contributed by atoms with Gasteiger partial charge in [-0.1, -0.05) is 59.8 Å². The zero-order valence-electron chi connectivity index (χ0n) is 17.5. The van der Waals surface area contributed by atoms with Gasteiger partial charge in [0, 0.05) is 53.6 Å². The zero-order chi connectivity index (χ0) is 21.0. The summed E-state index contributed by atoms with van der Waals surface area (Å²) in [5.74, 6) is 0.950. The molecule has 31 heavy (non-hydrogen) atoms. The molecule has 1 fully saturated rings. The highest BCUT2D eigenvalue weighted by molar-refractivity contribution is 7.99. The number of fused-ring (bicyclic) bond motifs is 2. The molecule has 3 nitrogen and oxygen atoms in total. The van der Waals surface area contributed by atoms with Gasteiger partial charge in [-0.25, -0.2) is 0 Å². The van der Waals surface area contributed by atoms with E-state index in [0.717, 1.165) is 56.5 Å². The predicted molar refractivity (Wildman–Crippen MR) is 128 cm³/mol. The van der Waals surface area contributed by atoms with Gasteiger partial charge in [0.05, 0.1) is 0 Å². The minimum absolute atomic E-state index is 0.395. The number of hydrogen-bond donors (Lipinski definition) is 0. The fourth-order valence-electron chi connectivity index (χ4n) is 4.53. The van der Waals surface area contributed by atoms with Crippen molar-refractivity contribution in [2.75, 3.05) is 39.3 Å². The molecule has 3 aromatic rings. The van der Waals surface area contributed by atoms with Crippen LogP contribution in [0.3, 0.4) is 0 Å². The SMILES string of the molecule is Clc1ccc2c(c1)C[C@@H](N1CCN(CCOc3ccccc3)CC1)c1ccccc1S2. The minimum Gasteiger partial charge on any atom is -0.492 e. The second-order valence-corrected chi connectivity index (χ2v) is 9.67. The maximum absolute atomic E-state index is 6.35. The van der Waals surface area contributed by atoms with E-state index in [-0.39, 0.29) is 0 Å². The Morgan fingerprint density at radius 3 is 2.48 bits per heavy atom. The summed E-state index contributed by atoms with van der Waals surface area (Å²) in [5, 5.41) is 0.826. The van der Waals surface area contributed by atoms with Gasteiger partial charge in [0.2, 0.25) is 0 Å². The highest BCUT2D eigenvalue weighted by Gasteiger charge is 2.29. The van der Waals surface area contributed by atoms with E-state index in [1.807, 2.05) is 48.2 Å². The van der Waals surface area contributed by atoms with Gasteiger partial charge in [-0.3, -0.25) is 9.80 Å². The lowest BCUT2D eigenvalue weighted by atomic mass is 9.96. The first-order valence-corrected chi connectivity index (χ1v) is 12.2. The molecule has 0 unspecified atom stereocenters. The monoisotopic (exact) mass is 450 g/mol. The van der Waals surface area contributed by atoms with Crippen LogP contribution >= 0.6 is 23.4 Å². The van der Waals surface area contributed by atoms with Crippen molar-refractivity contribution in [1.29, 1.82) is 0 Å². The second kappa shape index (κ2) is 9.66. The molecule has 160 valence electrons. The number of para-hydroxylation sites is 1. The molecule has 0 aromatic heterocycles. The van der Waals surface area contributed by atoms with E-state index in [0.29, 0.717) is 6.04 Å². The summed E-state index contributed by atoms with van der Waals surface area (Å²) in [5.41, 5.74) is 2.80. The van der Waals surface area contributed by atoms with Crippen LogP contribution < -0.4 is 4.74 Å². The standard InChI is InChI=1S/C26H27ClN2OS/c27-21-10-11-25-20(18-21)19-24(23-8-4-5-9-26(23)31-25)29-14-12-28(13-15-29)16-17-30-22-6-2-1-3-7-22/h1-11,18,24H,12-17,19H2/t24-/m1/s1. The third-order valence-electron chi connectivity index (χ3n) is 6.20. The predicted octanol–water partition coefficient (Wildman–Crippen LogP) is 5.79. The molecule has 0 aliphatic carbocycles. The molecule has 1 saturated heterocycles. The average Bonchev–Trinajstić information content (AvgIpc) is 2.97. The molecule has 0 bridgehead atoms. The molecule has 5 rings (SSSR count). The van der Waals surface area contributed by atoms with Crippen LogP contribution in [0.4, 0.5) is 0 Å². The van der Waals surface area contributed by atoms with E-state index >= 15 is 0 Å². The van der Waals surface area contributed by atoms with Crippen molar-refractivity contribution in [3.63, 3.8) is 0 Å². The fraction of sp³-hybridized carbons (Fsp3) is 0.308. The smallest absolute Gasteiger partial charge is 0.119 e. The summed E-state index contributed by atoms with van der Waals surface area (Å²) < 4.78 is 5.89. The van der Waals surface area contributed by atoms with Crippen molar-refractivity contribution in [3.8, 4) is 5.75 Å². The Hall–Kier alpha value is -1.98. The van der Waals surface area contributed by atoms with Gasteiger partial charge in [-0.05, 0) is 53.9 Å². The molecule has 0 radical (unpaired) electrons. The Morgan fingerprint density at radius 2 is 1.65 bits per heavy atom. The molecule has 0 spiro atoms. The van der Waals surface area contributed by atoms with E-state index < -0.39 is 0 Å². The molecular formula is C26H27ClN2OS. The summed E-state index contributed by atoms with van der Waals surface area (Å²) in [7, 11) is 0. The van der Waals surface area contributed by atoms with Crippen LogP contribution in [-0.2, 0) is 6.42 Å². The fourth-order valence-corrected chi connectivity index (χ4v) is 5.84. The first-order chi connectivity index (χ1) is 15.3. The van der Waals surface area contributed by atoms with Gasteiger partial charge < -0.3 is 4.74 Å². The van der Waals surface area contributed by atoms with Crippen molar-refractivity contribution in [3.05, 3.63) is 88.9 Å². The van der Waals surface area contributed by atoms with E-state index in [1.165, 1.54) is 20.9 Å². The Bertz CT molecular complexity index is 1020. The Labute approximate surface area is 194 Å². The maximum atomic E-state index is 6.35. The average molecular weight is 451 g/mol. The van der Waals surface area contributed by atoms with E-state index in [4.69, 9.17) is 16.3 Å². The van der Waals surface area contributed by atoms with Gasteiger partial charge in [0.1, 0.15) is 12.4 Å². The highest BCUT2D eigenvalue weighted by atomic mass is 35.5. The largest absolute Gasteiger partial charge is 0.492 e. The summed E-state index contributed by atoms with van der Waals surface area (Å²) in [4.78, 5) is 7.87. The number of hydrogen-bond acceptors (Lipinski definition) is 4. The maximum Gasteiger partial charge on any atom is 0.119 e. The van der Waals surface area contributed by atoms with Crippen LogP contribution in [0.15, 0.2) is 82.6 Å². The summed E-state index contributed by atoms with van der Waals surface area (Å²) in [6.07, 6.45) is 1.01. The Balaban J connectivity index is 1.25. The molecule has 0 N–H and O–H groups in total. The van der Waals surface area contributed by atoms with Gasteiger partial charge in [0.25, 0.3) is 0 Å². The molecule has 2 aliphatic rings. The topological polar surface area (TPSA) is 15.7 Å². The lowest BCUT2D eigenvalue weighted by Crippen LogP contribution is -2.49. The molecule has 3 aromatic carbocycles. The van der Waals surface area contributed by atoms with Gasteiger partial charge >= 0.3 is 0 Å². The van der Waals surface area contributed by atoms with Crippen LogP contribution in [0.1, 0.15) is 17.2 Å². The normalized spacial score (nSPS) is 19.3. The van der Waals surface area contributed by atoms with Crippen LogP contribution in [0.5, 0.6) is 5.75 Å². The van der Waals surface area contributed by atoms with Gasteiger partial charge in [-0.15, -0.1) is 0 Å². The molecular weight excluding hydrogens is 424 g/mol. The minimum atomic E-state index is 0.395. The number of rotatable bonds is 5.